The van der Waals surface area contributed by atoms with Gasteiger partial charge in [0.15, 0.2) is 0 Å². The largest absolute Gasteiger partial charge is 0.497 e. The van der Waals surface area contributed by atoms with Crippen LogP contribution >= 0.6 is 0 Å². The quantitative estimate of drug-likeness (QED) is 0.920. The Morgan fingerprint density at radius 1 is 1.38 bits per heavy atom. The minimum atomic E-state index is 0.0308. The Morgan fingerprint density at radius 3 is 3.04 bits per heavy atom. The van der Waals surface area contributed by atoms with Crippen LogP contribution in [0.5, 0.6) is 5.75 Å². The Bertz CT molecular complexity index is 566. The zero-order valence-electron chi connectivity index (χ0n) is 14.5. The maximum atomic E-state index is 12.5. The van der Waals surface area contributed by atoms with E-state index >= 15 is 0 Å². The molecule has 0 saturated carbocycles. The lowest BCUT2D eigenvalue weighted by Gasteiger charge is -2.38. The summed E-state index contributed by atoms with van der Waals surface area (Å²) in [4.78, 5) is 16.7. The van der Waals surface area contributed by atoms with Crippen molar-refractivity contribution >= 4 is 11.7 Å². The highest BCUT2D eigenvalue weighted by atomic mass is 16.5. The van der Waals surface area contributed by atoms with Crippen molar-refractivity contribution < 1.29 is 14.3 Å². The fourth-order valence-corrected chi connectivity index (χ4v) is 3.42. The van der Waals surface area contributed by atoms with E-state index in [9.17, 15) is 4.79 Å². The number of morpholine rings is 1. The third kappa shape index (κ3) is 3.93. The molecule has 132 valence electrons. The van der Waals surface area contributed by atoms with Crippen LogP contribution in [0.3, 0.4) is 0 Å². The molecule has 2 fully saturated rings. The number of benzene rings is 1. The lowest BCUT2D eigenvalue weighted by Crippen LogP contribution is -2.56. The smallest absolute Gasteiger partial charge is 0.318 e. The SMILES string of the molecule is COc1cccc(N2CCC[C@@H](NC(=O)N3CCOC[C@H]3C)C2)c1. The van der Waals surface area contributed by atoms with Crippen molar-refractivity contribution in [2.75, 3.05) is 44.9 Å². The van der Waals surface area contributed by atoms with Gasteiger partial charge in [-0.1, -0.05) is 6.07 Å². The zero-order chi connectivity index (χ0) is 16.9. The van der Waals surface area contributed by atoms with Crippen molar-refractivity contribution in [3.63, 3.8) is 0 Å². The molecule has 1 aromatic carbocycles. The summed E-state index contributed by atoms with van der Waals surface area (Å²) in [6.07, 6.45) is 2.09. The minimum Gasteiger partial charge on any atom is -0.497 e. The Morgan fingerprint density at radius 2 is 2.25 bits per heavy atom. The van der Waals surface area contributed by atoms with Crippen molar-refractivity contribution in [3.05, 3.63) is 24.3 Å². The maximum absolute atomic E-state index is 12.5. The highest BCUT2D eigenvalue weighted by molar-refractivity contribution is 5.75. The second-order valence-corrected chi connectivity index (χ2v) is 6.55. The third-order valence-electron chi connectivity index (χ3n) is 4.80. The van der Waals surface area contributed by atoms with E-state index in [4.69, 9.17) is 9.47 Å². The van der Waals surface area contributed by atoms with E-state index in [1.807, 2.05) is 30.0 Å². The number of urea groups is 1. The first-order chi connectivity index (χ1) is 11.7. The van der Waals surface area contributed by atoms with Crippen LogP contribution in [0.4, 0.5) is 10.5 Å². The standard InChI is InChI=1S/C18H27N3O3/c1-14-13-24-10-9-21(14)18(22)19-15-5-4-8-20(12-15)16-6-3-7-17(11-16)23-2/h3,6-7,11,14-15H,4-5,8-10,12-13H2,1-2H3,(H,19,22)/t14-,15-/m1/s1. The Labute approximate surface area is 143 Å². The fraction of sp³-hybridized carbons (Fsp3) is 0.611. The molecule has 6 heteroatoms. The predicted octanol–water partition coefficient (Wildman–Crippen LogP) is 2.09. The van der Waals surface area contributed by atoms with E-state index in [2.05, 4.69) is 16.3 Å². The van der Waals surface area contributed by atoms with Gasteiger partial charge in [-0.15, -0.1) is 0 Å². The fourth-order valence-electron chi connectivity index (χ4n) is 3.42. The molecule has 2 aliphatic heterocycles. The van der Waals surface area contributed by atoms with Gasteiger partial charge in [-0.25, -0.2) is 4.79 Å². The molecule has 2 aliphatic rings. The molecule has 1 N–H and O–H groups in total. The van der Waals surface area contributed by atoms with Crippen LogP contribution < -0.4 is 15.0 Å². The summed E-state index contributed by atoms with van der Waals surface area (Å²) < 4.78 is 10.7. The van der Waals surface area contributed by atoms with Gasteiger partial charge in [0.05, 0.1) is 26.4 Å². The van der Waals surface area contributed by atoms with Crippen LogP contribution in [-0.2, 0) is 4.74 Å². The van der Waals surface area contributed by atoms with E-state index in [1.54, 1.807) is 7.11 Å². The van der Waals surface area contributed by atoms with Gasteiger partial charge < -0.3 is 24.6 Å². The zero-order valence-corrected chi connectivity index (χ0v) is 14.5. The molecule has 6 nitrogen and oxygen atoms in total. The van der Waals surface area contributed by atoms with Gasteiger partial charge in [-0.3, -0.25) is 0 Å². The van der Waals surface area contributed by atoms with Crippen molar-refractivity contribution in [2.24, 2.45) is 0 Å². The van der Waals surface area contributed by atoms with Crippen molar-refractivity contribution in [1.82, 2.24) is 10.2 Å². The second kappa shape index (κ2) is 7.75. The van der Waals surface area contributed by atoms with Crippen molar-refractivity contribution in [3.8, 4) is 5.75 Å². The molecule has 2 heterocycles. The number of nitrogens with zero attached hydrogens (tertiary/aromatic N) is 2. The average Bonchev–Trinajstić information content (AvgIpc) is 2.62. The monoisotopic (exact) mass is 333 g/mol. The number of nitrogens with one attached hydrogen (secondary N) is 1. The van der Waals surface area contributed by atoms with Gasteiger partial charge in [0.25, 0.3) is 0 Å². The highest BCUT2D eigenvalue weighted by Gasteiger charge is 2.27. The van der Waals surface area contributed by atoms with E-state index in [0.717, 1.165) is 37.4 Å². The third-order valence-corrected chi connectivity index (χ3v) is 4.80. The van der Waals surface area contributed by atoms with Gasteiger partial charge in [-0.2, -0.15) is 0 Å². The van der Waals surface area contributed by atoms with Gasteiger partial charge in [0.2, 0.25) is 0 Å². The number of piperidine rings is 1. The van der Waals surface area contributed by atoms with Crippen LogP contribution in [0, 0.1) is 0 Å². The average molecular weight is 333 g/mol. The lowest BCUT2D eigenvalue weighted by atomic mass is 10.0. The number of amides is 2. The molecule has 0 radical (unpaired) electrons. The first-order valence-corrected chi connectivity index (χ1v) is 8.71. The molecule has 0 aromatic heterocycles. The Hall–Kier alpha value is -1.95. The molecule has 0 unspecified atom stereocenters. The van der Waals surface area contributed by atoms with Gasteiger partial charge in [-0.05, 0) is 31.9 Å². The summed E-state index contributed by atoms with van der Waals surface area (Å²) in [6, 6.07) is 8.44. The molecule has 24 heavy (non-hydrogen) atoms. The highest BCUT2D eigenvalue weighted by Crippen LogP contribution is 2.24. The molecule has 2 atom stereocenters. The molecule has 3 rings (SSSR count). The van der Waals surface area contributed by atoms with E-state index in [0.29, 0.717) is 19.8 Å². The topological polar surface area (TPSA) is 54.0 Å². The second-order valence-electron chi connectivity index (χ2n) is 6.55. The lowest BCUT2D eigenvalue weighted by molar-refractivity contribution is 0.0183. The predicted molar refractivity (Wildman–Crippen MR) is 93.7 cm³/mol. The van der Waals surface area contributed by atoms with E-state index < -0.39 is 0 Å². The molecular formula is C18H27N3O3. The number of hydrogen-bond donors (Lipinski definition) is 1. The summed E-state index contributed by atoms with van der Waals surface area (Å²) in [5.74, 6) is 0.862. The van der Waals surface area contributed by atoms with Crippen LogP contribution in [0.1, 0.15) is 19.8 Å². The summed E-state index contributed by atoms with van der Waals surface area (Å²) in [7, 11) is 1.68. The van der Waals surface area contributed by atoms with Crippen molar-refractivity contribution in [2.45, 2.75) is 31.8 Å². The normalized spacial score (nSPS) is 24.6. The van der Waals surface area contributed by atoms with Crippen LogP contribution in [0.25, 0.3) is 0 Å². The van der Waals surface area contributed by atoms with Crippen LogP contribution in [0.15, 0.2) is 24.3 Å². The first kappa shape index (κ1) is 16.9. The number of methoxy groups -OCH3 is 1. The van der Waals surface area contributed by atoms with Gasteiger partial charge >= 0.3 is 6.03 Å². The number of carbonyl (C=O) groups is 1. The van der Waals surface area contributed by atoms with Crippen LogP contribution in [-0.4, -0.2) is 63.0 Å². The van der Waals surface area contributed by atoms with Gasteiger partial charge in [0, 0.05) is 37.4 Å². The number of hydrogen-bond acceptors (Lipinski definition) is 4. The number of carbonyl (C=O) groups excluding carboxylic acids is 1. The maximum Gasteiger partial charge on any atom is 0.318 e. The number of rotatable bonds is 3. The molecule has 2 saturated heterocycles. The Balaban J connectivity index is 1.59. The van der Waals surface area contributed by atoms with Crippen molar-refractivity contribution in [1.29, 1.82) is 0 Å². The summed E-state index contributed by atoms with van der Waals surface area (Å²) >= 11 is 0. The van der Waals surface area contributed by atoms with E-state index in [1.165, 1.54) is 0 Å². The summed E-state index contributed by atoms with van der Waals surface area (Å²) in [5, 5.41) is 3.21. The molecule has 0 bridgehead atoms. The Kier molecular flexibility index (Phi) is 5.45. The molecule has 0 aliphatic carbocycles. The summed E-state index contributed by atoms with van der Waals surface area (Å²) in [6.45, 7) is 5.78. The van der Waals surface area contributed by atoms with Gasteiger partial charge in [0.1, 0.15) is 5.75 Å². The van der Waals surface area contributed by atoms with Crippen LogP contribution in [0.2, 0.25) is 0 Å². The molecule has 2 amide bonds. The molecule has 1 aromatic rings. The number of anilines is 1. The minimum absolute atomic E-state index is 0.0308. The number of ether oxygens (including phenoxy) is 2. The molecule has 0 spiro atoms. The summed E-state index contributed by atoms with van der Waals surface area (Å²) in [5.41, 5.74) is 1.15. The first-order valence-electron chi connectivity index (χ1n) is 8.71. The molecular weight excluding hydrogens is 306 g/mol. The van der Waals surface area contributed by atoms with E-state index in [-0.39, 0.29) is 18.1 Å².